The van der Waals surface area contributed by atoms with Crippen LogP contribution in [0.15, 0.2) is 0 Å². The number of hydrogen-bond acceptors (Lipinski definition) is 7. The van der Waals surface area contributed by atoms with E-state index < -0.39 is 5.54 Å². The Morgan fingerprint density at radius 1 is 0.594 bits per heavy atom. The molecule has 0 saturated carbocycles. The average Bonchev–Trinajstić information content (AvgIpc) is 2.70. The second kappa shape index (κ2) is 16.5. The molecule has 0 aromatic rings. The van der Waals surface area contributed by atoms with E-state index in [1.807, 2.05) is 55.4 Å². The monoisotopic (exact) mass is 457 g/mol. The number of ketones is 3. The zero-order chi connectivity index (χ0) is 24.7. The Balaban J connectivity index is 5.02. The summed E-state index contributed by atoms with van der Waals surface area (Å²) in [6, 6.07) is 0.137. The predicted molar refractivity (Wildman–Crippen MR) is 127 cm³/mol. The van der Waals surface area contributed by atoms with Crippen LogP contribution in [0, 0.1) is 17.8 Å². The van der Waals surface area contributed by atoms with E-state index in [9.17, 15) is 14.4 Å². The van der Waals surface area contributed by atoms with E-state index in [2.05, 4.69) is 5.32 Å². The van der Waals surface area contributed by atoms with E-state index in [0.717, 1.165) is 0 Å². The summed E-state index contributed by atoms with van der Waals surface area (Å²) in [5.74, 6) is 0.459. The lowest BCUT2D eigenvalue weighted by atomic mass is 10.0. The fraction of sp³-hybridized carbons (Fsp3) is 0.880. The van der Waals surface area contributed by atoms with Gasteiger partial charge in [0.15, 0.2) is 0 Å². The lowest BCUT2D eigenvalue weighted by Crippen LogP contribution is -2.59. The summed E-state index contributed by atoms with van der Waals surface area (Å²) in [4.78, 5) is 35.7. The highest BCUT2D eigenvalue weighted by Gasteiger charge is 2.32. The average molecular weight is 458 g/mol. The van der Waals surface area contributed by atoms with Gasteiger partial charge in [0.2, 0.25) is 0 Å². The van der Waals surface area contributed by atoms with Crippen LogP contribution in [0.1, 0.15) is 74.7 Å². The van der Waals surface area contributed by atoms with Crippen LogP contribution in [-0.2, 0) is 28.6 Å². The molecule has 188 valence electrons. The fourth-order valence-corrected chi connectivity index (χ4v) is 3.05. The van der Waals surface area contributed by atoms with Crippen molar-refractivity contribution in [2.75, 3.05) is 39.6 Å². The van der Waals surface area contributed by atoms with Gasteiger partial charge in [-0.25, -0.2) is 0 Å². The lowest BCUT2D eigenvalue weighted by molar-refractivity contribution is -0.123. The molecular formula is C25H47NO6. The highest BCUT2D eigenvalue weighted by molar-refractivity contribution is 5.81. The predicted octanol–water partition coefficient (Wildman–Crippen LogP) is 3.62. The Morgan fingerprint density at radius 2 is 0.875 bits per heavy atom. The first-order valence-corrected chi connectivity index (χ1v) is 12.0. The van der Waals surface area contributed by atoms with Crippen molar-refractivity contribution in [1.29, 1.82) is 0 Å². The number of nitrogens with one attached hydrogen (secondary N) is 1. The van der Waals surface area contributed by atoms with Crippen LogP contribution < -0.4 is 5.32 Å². The van der Waals surface area contributed by atoms with Gasteiger partial charge in [0.25, 0.3) is 0 Å². The van der Waals surface area contributed by atoms with Gasteiger partial charge < -0.3 is 19.5 Å². The molecule has 0 aliphatic heterocycles. The molecule has 0 aromatic heterocycles. The quantitative estimate of drug-likeness (QED) is 0.279. The van der Waals surface area contributed by atoms with E-state index in [1.54, 1.807) is 0 Å². The zero-order valence-corrected chi connectivity index (χ0v) is 21.6. The van der Waals surface area contributed by atoms with Gasteiger partial charge in [0.05, 0.1) is 45.2 Å². The summed E-state index contributed by atoms with van der Waals surface area (Å²) in [6.45, 7) is 17.2. The van der Waals surface area contributed by atoms with Crippen LogP contribution >= 0.6 is 0 Å². The molecule has 0 atom stereocenters. The third kappa shape index (κ3) is 14.1. The maximum Gasteiger partial charge on any atom is 0.137 e. The third-order valence-corrected chi connectivity index (χ3v) is 5.14. The number of ether oxygens (including phenoxy) is 3. The minimum absolute atomic E-state index is 0.0131. The van der Waals surface area contributed by atoms with Crippen molar-refractivity contribution in [1.82, 2.24) is 5.32 Å². The number of Topliss-reactive ketones (excluding diaryl/α,β-unsaturated/α-hetero) is 3. The summed E-state index contributed by atoms with van der Waals surface area (Å²) in [7, 11) is 0. The van der Waals surface area contributed by atoms with Gasteiger partial charge >= 0.3 is 0 Å². The normalized spacial score (nSPS) is 12.4. The zero-order valence-electron chi connectivity index (χ0n) is 21.6. The highest BCUT2D eigenvalue weighted by Crippen LogP contribution is 2.13. The molecule has 0 amide bonds. The first kappa shape index (κ1) is 30.9. The molecule has 0 radical (unpaired) electrons. The minimum atomic E-state index is -0.642. The number of carbonyl (C=O) groups excluding carboxylic acids is 3. The molecule has 0 aliphatic rings. The Bertz CT molecular complexity index is 487. The van der Waals surface area contributed by atoms with E-state index >= 15 is 0 Å². The van der Waals surface area contributed by atoms with E-state index in [4.69, 9.17) is 14.2 Å². The second-order valence-electron chi connectivity index (χ2n) is 9.85. The molecule has 0 bridgehead atoms. The van der Waals surface area contributed by atoms with E-state index in [-0.39, 0.29) is 41.1 Å². The van der Waals surface area contributed by atoms with Gasteiger partial charge in [-0.05, 0) is 0 Å². The van der Waals surface area contributed by atoms with Crippen LogP contribution in [0.25, 0.3) is 0 Å². The molecule has 0 rings (SSSR count). The molecule has 0 heterocycles. The Morgan fingerprint density at radius 3 is 1.09 bits per heavy atom. The van der Waals surface area contributed by atoms with Crippen molar-refractivity contribution in [3.8, 4) is 0 Å². The van der Waals surface area contributed by atoms with Crippen molar-refractivity contribution in [2.45, 2.75) is 86.2 Å². The topological polar surface area (TPSA) is 90.9 Å². The largest absolute Gasteiger partial charge is 0.379 e. The molecule has 1 N–H and O–H groups in total. The van der Waals surface area contributed by atoms with Gasteiger partial charge in [-0.3, -0.25) is 14.4 Å². The molecule has 0 aromatic carbocycles. The SMILES string of the molecule is CC(C)NC(COCCC(=O)C(C)C)(COCCC(=O)C(C)C)COCCC(=O)C(C)C. The number of rotatable bonds is 20. The van der Waals surface area contributed by atoms with Crippen molar-refractivity contribution in [3.05, 3.63) is 0 Å². The smallest absolute Gasteiger partial charge is 0.137 e. The van der Waals surface area contributed by atoms with Gasteiger partial charge in [0.1, 0.15) is 17.3 Å². The van der Waals surface area contributed by atoms with Crippen molar-refractivity contribution >= 4 is 17.3 Å². The molecule has 0 unspecified atom stereocenters. The summed E-state index contributed by atoms with van der Waals surface area (Å²) in [6.07, 6.45) is 1.09. The van der Waals surface area contributed by atoms with Crippen molar-refractivity contribution in [3.63, 3.8) is 0 Å². The maximum atomic E-state index is 11.9. The Labute approximate surface area is 195 Å². The number of hydrogen-bond donors (Lipinski definition) is 1. The van der Waals surface area contributed by atoms with Crippen molar-refractivity contribution < 1.29 is 28.6 Å². The van der Waals surface area contributed by atoms with Crippen LogP contribution in [0.2, 0.25) is 0 Å². The Kier molecular flexibility index (Phi) is 15.9. The van der Waals surface area contributed by atoms with E-state index in [0.29, 0.717) is 58.9 Å². The molecule has 7 heteroatoms. The van der Waals surface area contributed by atoms with Gasteiger partial charge in [-0.15, -0.1) is 0 Å². The molecule has 7 nitrogen and oxygen atoms in total. The van der Waals surface area contributed by atoms with Gasteiger partial charge in [0, 0.05) is 43.1 Å². The molecule has 0 spiro atoms. The third-order valence-electron chi connectivity index (χ3n) is 5.14. The summed E-state index contributed by atoms with van der Waals surface area (Å²) >= 11 is 0. The fourth-order valence-electron chi connectivity index (χ4n) is 3.05. The maximum absolute atomic E-state index is 11.9. The molecular weight excluding hydrogens is 410 g/mol. The first-order valence-electron chi connectivity index (χ1n) is 12.0. The molecule has 0 saturated heterocycles. The van der Waals surface area contributed by atoms with E-state index in [1.165, 1.54) is 0 Å². The van der Waals surface area contributed by atoms with Crippen LogP contribution in [0.5, 0.6) is 0 Å². The molecule has 0 aliphatic carbocycles. The van der Waals surface area contributed by atoms with Gasteiger partial charge in [-0.1, -0.05) is 55.4 Å². The summed E-state index contributed by atoms with van der Waals surface area (Å²) < 4.78 is 17.6. The minimum Gasteiger partial charge on any atom is -0.379 e. The summed E-state index contributed by atoms with van der Waals surface area (Å²) in [5.41, 5.74) is -0.642. The molecule has 32 heavy (non-hydrogen) atoms. The van der Waals surface area contributed by atoms with Crippen LogP contribution in [0.3, 0.4) is 0 Å². The van der Waals surface area contributed by atoms with Gasteiger partial charge in [-0.2, -0.15) is 0 Å². The first-order chi connectivity index (χ1) is 14.9. The summed E-state index contributed by atoms with van der Waals surface area (Å²) in [5, 5.41) is 3.50. The highest BCUT2D eigenvalue weighted by atomic mass is 16.5. The van der Waals surface area contributed by atoms with Crippen molar-refractivity contribution in [2.24, 2.45) is 17.8 Å². The second-order valence-corrected chi connectivity index (χ2v) is 9.85. The Hall–Kier alpha value is -1.15. The standard InChI is InChI=1S/C25H47NO6/c1-18(2)22(27)9-12-30-15-25(26-21(7)8,16-31-13-10-23(28)19(3)4)17-32-14-11-24(29)20(5)6/h18-21,26H,9-17H2,1-8H3. The van der Waals surface area contributed by atoms with Crippen LogP contribution in [0.4, 0.5) is 0 Å². The molecule has 0 fully saturated rings. The lowest BCUT2D eigenvalue weighted by Gasteiger charge is -2.36. The van der Waals surface area contributed by atoms with Crippen LogP contribution in [-0.4, -0.2) is 68.6 Å². The number of carbonyl (C=O) groups is 3.